The van der Waals surface area contributed by atoms with E-state index in [-0.39, 0.29) is 5.91 Å². The van der Waals surface area contributed by atoms with Crippen LogP contribution in [0.4, 0.5) is 0 Å². The lowest BCUT2D eigenvalue weighted by molar-refractivity contribution is 0.0953. The first-order chi connectivity index (χ1) is 12.6. The highest BCUT2D eigenvalue weighted by atomic mass is 16.5. The van der Waals surface area contributed by atoms with Gasteiger partial charge in [0.05, 0.1) is 25.2 Å². The molecule has 1 heterocycles. The van der Waals surface area contributed by atoms with Gasteiger partial charge in [0.1, 0.15) is 6.26 Å². The smallest absolute Gasteiger partial charge is 0.343 e. The first-order valence-electron chi connectivity index (χ1n) is 8.13. The first kappa shape index (κ1) is 17.5. The van der Waals surface area contributed by atoms with Gasteiger partial charge in [0, 0.05) is 11.9 Å². The number of rotatable bonds is 6. The number of benzene rings is 2. The van der Waals surface area contributed by atoms with E-state index in [9.17, 15) is 9.59 Å². The second kappa shape index (κ2) is 7.74. The molecule has 1 amide bonds. The molecule has 0 unspecified atom stereocenters. The molecule has 26 heavy (non-hydrogen) atoms. The summed E-state index contributed by atoms with van der Waals surface area (Å²) in [4.78, 5) is 24.2. The van der Waals surface area contributed by atoms with Gasteiger partial charge in [-0.1, -0.05) is 24.3 Å². The van der Waals surface area contributed by atoms with E-state index in [0.717, 1.165) is 5.56 Å². The summed E-state index contributed by atoms with van der Waals surface area (Å²) in [6.07, 6.45) is 1.83. The van der Waals surface area contributed by atoms with Crippen molar-refractivity contribution in [2.45, 2.75) is 6.42 Å². The summed E-state index contributed by atoms with van der Waals surface area (Å²) in [5.41, 5.74) is 0.891. The van der Waals surface area contributed by atoms with E-state index in [4.69, 9.17) is 13.9 Å². The number of hydrogen-bond acceptors (Lipinski definition) is 5. The van der Waals surface area contributed by atoms with Crippen molar-refractivity contribution in [3.8, 4) is 11.5 Å². The van der Waals surface area contributed by atoms with Crippen molar-refractivity contribution >= 4 is 16.7 Å². The largest absolute Gasteiger partial charge is 0.493 e. The highest BCUT2D eigenvalue weighted by Crippen LogP contribution is 2.27. The predicted octanol–water partition coefficient (Wildman–Crippen LogP) is 2.78. The zero-order valence-corrected chi connectivity index (χ0v) is 14.6. The molecule has 0 aliphatic rings. The molecule has 6 nitrogen and oxygen atoms in total. The third-order valence-corrected chi connectivity index (χ3v) is 4.11. The molecule has 2 aromatic carbocycles. The molecule has 0 spiro atoms. The van der Waals surface area contributed by atoms with Gasteiger partial charge in [-0.2, -0.15) is 0 Å². The monoisotopic (exact) mass is 353 g/mol. The lowest BCUT2D eigenvalue weighted by Crippen LogP contribution is -2.26. The predicted molar refractivity (Wildman–Crippen MR) is 98.1 cm³/mol. The van der Waals surface area contributed by atoms with Gasteiger partial charge >= 0.3 is 5.63 Å². The second-order valence-corrected chi connectivity index (χ2v) is 5.68. The second-order valence-electron chi connectivity index (χ2n) is 5.68. The number of nitrogens with one attached hydrogen (secondary N) is 1. The van der Waals surface area contributed by atoms with Crippen molar-refractivity contribution < 1.29 is 18.7 Å². The van der Waals surface area contributed by atoms with E-state index in [2.05, 4.69) is 5.32 Å². The first-order valence-corrected chi connectivity index (χ1v) is 8.13. The van der Waals surface area contributed by atoms with Crippen LogP contribution in [0, 0.1) is 0 Å². The SMILES string of the molecule is COc1ccc(CCNC(=O)c2coc(=O)c3ccccc23)cc1OC. The molecule has 0 fully saturated rings. The number of methoxy groups -OCH3 is 2. The minimum atomic E-state index is -0.456. The third kappa shape index (κ3) is 3.54. The number of hydrogen-bond donors (Lipinski definition) is 1. The molecular formula is C20H19NO5. The Morgan fingerprint density at radius 3 is 2.50 bits per heavy atom. The third-order valence-electron chi connectivity index (χ3n) is 4.11. The molecule has 0 atom stereocenters. The standard InChI is InChI=1S/C20H19NO5/c1-24-17-8-7-13(11-18(17)25-2)9-10-21-19(22)16-12-26-20(23)15-6-4-3-5-14(15)16/h3-8,11-12H,9-10H2,1-2H3,(H,21,22). The summed E-state index contributed by atoms with van der Waals surface area (Å²) in [6.45, 7) is 0.432. The summed E-state index contributed by atoms with van der Waals surface area (Å²) < 4.78 is 15.5. The quantitative estimate of drug-likeness (QED) is 0.737. The Balaban J connectivity index is 1.70. The Bertz CT molecular complexity index is 993. The maximum absolute atomic E-state index is 12.5. The molecule has 1 N–H and O–H groups in total. The van der Waals surface area contributed by atoms with Crippen LogP contribution in [-0.2, 0) is 6.42 Å². The Morgan fingerprint density at radius 2 is 1.77 bits per heavy atom. The van der Waals surface area contributed by atoms with Gasteiger partial charge in [0.25, 0.3) is 5.91 Å². The lowest BCUT2D eigenvalue weighted by Gasteiger charge is -2.10. The number of ether oxygens (including phenoxy) is 2. The Morgan fingerprint density at radius 1 is 1.04 bits per heavy atom. The highest BCUT2D eigenvalue weighted by molar-refractivity contribution is 6.06. The minimum Gasteiger partial charge on any atom is -0.493 e. The highest BCUT2D eigenvalue weighted by Gasteiger charge is 2.13. The van der Waals surface area contributed by atoms with Gasteiger partial charge in [0.15, 0.2) is 11.5 Å². The Kier molecular flexibility index (Phi) is 5.22. The van der Waals surface area contributed by atoms with Crippen molar-refractivity contribution in [1.82, 2.24) is 5.32 Å². The molecule has 1 aromatic heterocycles. The lowest BCUT2D eigenvalue weighted by atomic mass is 10.1. The fourth-order valence-electron chi connectivity index (χ4n) is 2.76. The fraction of sp³-hybridized carbons (Fsp3) is 0.200. The van der Waals surface area contributed by atoms with Crippen LogP contribution in [0.5, 0.6) is 11.5 Å². The van der Waals surface area contributed by atoms with Crippen LogP contribution in [0.3, 0.4) is 0 Å². The maximum atomic E-state index is 12.5. The number of amides is 1. The Hall–Kier alpha value is -3.28. The van der Waals surface area contributed by atoms with E-state index in [1.165, 1.54) is 6.26 Å². The van der Waals surface area contributed by atoms with Crippen molar-refractivity contribution in [3.63, 3.8) is 0 Å². The molecule has 3 aromatic rings. The molecule has 0 aliphatic carbocycles. The summed E-state index contributed by atoms with van der Waals surface area (Å²) in [5.74, 6) is 1.02. The van der Waals surface area contributed by atoms with Crippen LogP contribution in [0.15, 0.2) is 57.9 Å². The molecule has 0 bridgehead atoms. The Labute approximate surface area is 150 Å². The summed E-state index contributed by atoms with van der Waals surface area (Å²) >= 11 is 0. The van der Waals surface area contributed by atoms with Gasteiger partial charge in [0.2, 0.25) is 0 Å². The van der Waals surface area contributed by atoms with Gasteiger partial charge in [-0.05, 0) is 30.2 Å². The molecular weight excluding hydrogens is 334 g/mol. The van der Waals surface area contributed by atoms with Crippen molar-refractivity contribution in [2.75, 3.05) is 20.8 Å². The molecule has 6 heteroatoms. The van der Waals surface area contributed by atoms with Crippen LogP contribution in [0.25, 0.3) is 10.8 Å². The molecule has 0 saturated carbocycles. The maximum Gasteiger partial charge on any atom is 0.343 e. The van der Waals surface area contributed by atoms with Crippen LogP contribution < -0.4 is 20.4 Å². The van der Waals surface area contributed by atoms with Crippen molar-refractivity contribution in [1.29, 1.82) is 0 Å². The summed E-state index contributed by atoms with van der Waals surface area (Å²) in [5, 5.41) is 3.82. The van der Waals surface area contributed by atoms with E-state index in [1.807, 2.05) is 18.2 Å². The van der Waals surface area contributed by atoms with Crippen LogP contribution in [0.1, 0.15) is 15.9 Å². The summed E-state index contributed by atoms with van der Waals surface area (Å²) in [7, 11) is 3.16. The van der Waals surface area contributed by atoms with E-state index < -0.39 is 5.63 Å². The summed E-state index contributed by atoms with van der Waals surface area (Å²) in [6, 6.07) is 12.5. The molecule has 0 saturated heterocycles. The van der Waals surface area contributed by atoms with E-state index >= 15 is 0 Å². The fourth-order valence-corrected chi connectivity index (χ4v) is 2.76. The zero-order chi connectivity index (χ0) is 18.5. The number of carbonyl (C=O) groups is 1. The van der Waals surface area contributed by atoms with E-state index in [1.54, 1.807) is 38.5 Å². The molecule has 3 rings (SSSR count). The van der Waals surface area contributed by atoms with Crippen LogP contribution >= 0.6 is 0 Å². The van der Waals surface area contributed by atoms with Crippen LogP contribution in [-0.4, -0.2) is 26.7 Å². The minimum absolute atomic E-state index is 0.287. The van der Waals surface area contributed by atoms with Crippen molar-refractivity contribution in [2.24, 2.45) is 0 Å². The number of fused-ring (bicyclic) bond motifs is 1. The van der Waals surface area contributed by atoms with E-state index in [0.29, 0.717) is 40.8 Å². The van der Waals surface area contributed by atoms with Crippen molar-refractivity contribution in [3.05, 3.63) is 70.3 Å². The average molecular weight is 353 g/mol. The molecule has 0 radical (unpaired) electrons. The van der Waals surface area contributed by atoms with Gasteiger partial charge in [-0.25, -0.2) is 4.79 Å². The normalized spacial score (nSPS) is 10.5. The topological polar surface area (TPSA) is 77.8 Å². The van der Waals surface area contributed by atoms with Crippen LogP contribution in [0.2, 0.25) is 0 Å². The average Bonchev–Trinajstić information content (AvgIpc) is 2.68. The number of carbonyl (C=O) groups excluding carboxylic acids is 1. The molecule has 0 aliphatic heterocycles. The van der Waals surface area contributed by atoms with Gasteiger partial charge in [-0.3, -0.25) is 4.79 Å². The van der Waals surface area contributed by atoms with Gasteiger partial charge in [-0.15, -0.1) is 0 Å². The zero-order valence-electron chi connectivity index (χ0n) is 14.6. The van der Waals surface area contributed by atoms with Gasteiger partial charge < -0.3 is 19.2 Å². The molecule has 134 valence electrons.